The van der Waals surface area contributed by atoms with E-state index >= 15 is 0 Å². The average molecular weight is 225 g/mol. The summed E-state index contributed by atoms with van der Waals surface area (Å²) in [5.41, 5.74) is 0. The van der Waals surface area contributed by atoms with E-state index in [2.05, 4.69) is 28.6 Å². The van der Waals surface area contributed by atoms with Crippen molar-refractivity contribution in [2.24, 2.45) is 0 Å². The lowest BCUT2D eigenvalue weighted by Gasteiger charge is -2.16. The van der Waals surface area contributed by atoms with Gasteiger partial charge in [0.25, 0.3) is 0 Å². The van der Waals surface area contributed by atoms with Gasteiger partial charge in [-0.15, -0.1) is 0 Å². The first-order valence-electron chi connectivity index (χ1n) is 5.90. The molecule has 1 aliphatic carbocycles. The Morgan fingerprint density at radius 1 is 1.53 bits per heavy atom. The molecule has 15 heavy (non-hydrogen) atoms. The van der Waals surface area contributed by atoms with Crippen molar-refractivity contribution in [1.82, 2.24) is 14.8 Å². The second kappa shape index (κ2) is 4.47. The second-order valence-electron chi connectivity index (χ2n) is 4.50. The molecule has 2 rings (SSSR count). The van der Waals surface area contributed by atoms with Crippen molar-refractivity contribution in [2.45, 2.75) is 57.9 Å². The Bertz CT molecular complexity index is 373. The third-order valence-electron chi connectivity index (χ3n) is 3.47. The Hall–Kier alpha value is -0.640. The summed E-state index contributed by atoms with van der Waals surface area (Å²) < 4.78 is 3.06. The highest BCUT2D eigenvalue weighted by atomic mass is 32.1. The predicted molar refractivity (Wildman–Crippen MR) is 63.6 cm³/mol. The van der Waals surface area contributed by atoms with E-state index < -0.39 is 0 Å². The van der Waals surface area contributed by atoms with Crippen LogP contribution in [-0.2, 0) is 0 Å². The lowest BCUT2D eigenvalue weighted by Crippen LogP contribution is -2.11. The van der Waals surface area contributed by atoms with Gasteiger partial charge < -0.3 is 4.57 Å². The van der Waals surface area contributed by atoms with Crippen LogP contribution in [0.5, 0.6) is 0 Å². The molecule has 1 unspecified atom stereocenters. The molecule has 3 nitrogen and oxygen atoms in total. The fourth-order valence-corrected chi connectivity index (χ4v) is 2.65. The van der Waals surface area contributed by atoms with Crippen LogP contribution in [0, 0.1) is 4.77 Å². The normalized spacial score (nSPS) is 19.6. The van der Waals surface area contributed by atoms with E-state index in [0.717, 1.165) is 17.0 Å². The summed E-state index contributed by atoms with van der Waals surface area (Å²) >= 11 is 5.32. The van der Waals surface area contributed by atoms with E-state index in [1.165, 1.54) is 25.7 Å². The van der Waals surface area contributed by atoms with Crippen LogP contribution in [0.2, 0.25) is 0 Å². The maximum absolute atomic E-state index is 5.32. The van der Waals surface area contributed by atoms with Gasteiger partial charge in [0.05, 0.1) is 0 Å². The first-order valence-corrected chi connectivity index (χ1v) is 6.31. The topological polar surface area (TPSA) is 33.6 Å². The molecule has 1 aromatic rings. The molecule has 4 heteroatoms. The number of nitrogens with zero attached hydrogens (tertiary/aromatic N) is 2. The Morgan fingerprint density at radius 2 is 2.20 bits per heavy atom. The van der Waals surface area contributed by atoms with Gasteiger partial charge in [-0.25, -0.2) is 0 Å². The summed E-state index contributed by atoms with van der Waals surface area (Å²) in [5.74, 6) is 1.65. The first-order chi connectivity index (χ1) is 7.24. The summed E-state index contributed by atoms with van der Waals surface area (Å²) in [6, 6.07) is 0.597. The largest absolute Gasteiger partial charge is 0.301 e. The zero-order valence-electron chi connectivity index (χ0n) is 9.49. The fourth-order valence-electron chi connectivity index (χ4n) is 2.36. The molecular formula is C11H19N3S. The molecule has 1 heterocycles. The molecule has 1 fully saturated rings. The highest BCUT2D eigenvalue weighted by molar-refractivity contribution is 7.71. The molecule has 0 saturated heterocycles. The van der Waals surface area contributed by atoms with Crippen molar-refractivity contribution in [2.75, 3.05) is 0 Å². The van der Waals surface area contributed by atoms with Gasteiger partial charge in [0.15, 0.2) is 4.77 Å². The number of hydrogen-bond donors (Lipinski definition) is 1. The number of hydrogen-bond acceptors (Lipinski definition) is 2. The van der Waals surface area contributed by atoms with E-state index in [1.807, 2.05) is 0 Å². The van der Waals surface area contributed by atoms with Crippen molar-refractivity contribution in [3.05, 3.63) is 10.6 Å². The van der Waals surface area contributed by atoms with Crippen LogP contribution in [0.3, 0.4) is 0 Å². The van der Waals surface area contributed by atoms with Crippen LogP contribution in [-0.4, -0.2) is 14.8 Å². The van der Waals surface area contributed by atoms with Gasteiger partial charge in [-0.1, -0.05) is 26.7 Å². The van der Waals surface area contributed by atoms with Crippen LogP contribution in [0.4, 0.5) is 0 Å². The van der Waals surface area contributed by atoms with E-state index in [-0.39, 0.29) is 0 Å². The van der Waals surface area contributed by atoms with Crippen molar-refractivity contribution in [1.29, 1.82) is 0 Å². The van der Waals surface area contributed by atoms with Gasteiger partial charge in [-0.2, -0.15) is 5.10 Å². The number of nitrogens with one attached hydrogen (secondary N) is 1. The Labute approximate surface area is 95.9 Å². The maximum Gasteiger partial charge on any atom is 0.195 e. The van der Waals surface area contributed by atoms with Crippen LogP contribution < -0.4 is 0 Å². The molecule has 1 aliphatic rings. The zero-order chi connectivity index (χ0) is 10.8. The Morgan fingerprint density at radius 3 is 2.80 bits per heavy atom. The van der Waals surface area contributed by atoms with Crippen molar-refractivity contribution < 1.29 is 0 Å². The quantitative estimate of drug-likeness (QED) is 0.798. The van der Waals surface area contributed by atoms with Gasteiger partial charge in [-0.05, 0) is 31.5 Å². The summed E-state index contributed by atoms with van der Waals surface area (Å²) in [6.45, 7) is 4.41. The van der Waals surface area contributed by atoms with Gasteiger partial charge in [0, 0.05) is 12.0 Å². The maximum atomic E-state index is 5.32. The van der Waals surface area contributed by atoms with Crippen molar-refractivity contribution in [3.8, 4) is 0 Å². The standard InChI is InChI=1S/C11H19N3S/c1-3-8(2)10-12-13-11(15)14(10)9-6-4-5-7-9/h8-9H,3-7H2,1-2H3,(H,13,15). The molecular weight excluding hydrogens is 206 g/mol. The SMILES string of the molecule is CCC(C)c1n[nH]c(=S)n1C1CCCC1. The lowest BCUT2D eigenvalue weighted by atomic mass is 10.1. The second-order valence-corrected chi connectivity index (χ2v) is 4.89. The molecule has 0 spiro atoms. The van der Waals surface area contributed by atoms with E-state index in [0.29, 0.717) is 12.0 Å². The van der Waals surface area contributed by atoms with Crippen LogP contribution in [0.25, 0.3) is 0 Å². The zero-order valence-corrected chi connectivity index (χ0v) is 10.3. The Kier molecular flexibility index (Phi) is 3.24. The van der Waals surface area contributed by atoms with Crippen molar-refractivity contribution in [3.63, 3.8) is 0 Å². The molecule has 0 bridgehead atoms. The first kappa shape index (κ1) is 10.9. The van der Waals surface area contributed by atoms with Gasteiger partial charge >= 0.3 is 0 Å². The minimum Gasteiger partial charge on any atom is -0.301 e. The molecule has 1 atom stereocenters. The molecule has 1 aromatic heterocycles. The molecule has 0 radical (unpaired) electrons. The molecule has 0 aliphatic heterocycles. The van der Waals surface area contributed by atoms with E-state index in [9.17, 15) is 0 Å². The minimum atomic E-state index is 0.499. The van der Waals surface area contributed by atoms with E-state index in [4.69, 9.17) is 12.2 Å². The number of rotatable bonds is 3. The highest BCUT2D eigenvalue weighted by Gasteiger charge is 2.22. The minimum absolute atomic E-state index is 0.499. The smallest absolute Gasteiger partial charge is 0.195 e. The monoisotopic (exact) mass is 225 g/mol. The number of H-pyrrole nitrogens is 1. The van der Waals surface area contributed by atoms with Crippen LogP contribution >= 0.6 is 12.2 Å². The summed E-state index contributed by atoms with van der Waals surface area (Å²) in [6.07, 6.45) is 6.30. The Balaban J connectivity index is 2.35. The fraction of sp³-hybridized carbons (Fsp3) is 0.818. The molecule has 0 aromatic carbocycles. The molecule has 1 N–H and O–H groups in total. The molecule has 84 valence electrons. The predicted octanol–water partition coefficient (Wildman–Crippen LogP) is 3.57. The third kappa shape index (κ3) is 2.00. The summed E-state index contributed by atoms with van der Waals surface area (Å²) in [4.78, 5) is 0. The molecule has 0 amide bonds. The highest BCUT2D eigenvalue weighted by Crippen LogP contribution is 2.32. The van der Waals surface area contributed by atoms with Crippen LogP contribution in [0.1, 0.15) is 63.7 Å². The summed E-state index contributed by atoms with van der Waals surface area (Å²) in [7, 11) is 0. The number of aromatic nitrogens is 3. The molecule has 1 saturated carbocycles. The third-order valence-corrected chi connectivity index (χ3v) is 3.76. The van der Waals surface area contributed by atoms with Crippen molar-refractivity contribution >= 4 is 12.2 Å². The van der Waals surface area contributed by atoms with Gasteiger partial charge in [0.1, 0.15) is 5.82 Å². The number of aromatic amines is 1. The van der Waals surface area contributed by atoms with Gasteiger partial charge in [-0.3, -0.25) is 5.10 Å². The van der Waals surface area contributed by atoms with Crippen LogP contribution in [0.15, 0.2) is 0 Å². The lowest BCUT2D eigenvalue weighted by molar-refractivity contribution is 0.473. The van der Waals surface area contributed by atoms with Gasteiger partial charge in [0.2, 0.25) is 0 Å². The van der Waals surface area contributed by atoms with E-state index in [1.54, 1.807) is 0 Å². The summed E-state index contributed by atoms with van der Waals surface area (Å²) in [5, 5.41) is 7.32. The average Bonchev–Trinajstić information content (AvgIpc) is 2.85.